The van der Waals surface area contributed by atoms with Gasteiger partial charge in [0.15, 0.2) is 5.78 Å². The van der Waals surface area contributed by atoms with Crippen molar-refractivity contribution in [2.45, 2.75) is 70.9 Å². The van der Waals surface area contributed by atoms with E-state index in [9.17, 15) is 18.8 Å². The van der Waals surface area contributed by atoms with E-state index >= 15 is 0 Å². The maximum atomic E-state index is 13.8. The fourth-order valence-electron chi connectivity index (χ4n) is 6.44. The molecule has 3 aromatic rings. The van der Waals surface area contributed by atoms with Crippen LogP contribution in [-0.2, 0) is 23.7 Å². The summed E-state index contributed by atoms with van der Waals surface area (Å²) < 4.78 is 37.4. The van der Waals surface area contributed by atoms with Gasteiger partial charge in [-0.1, -0.05) is 69.2 Å². The first-order valence-corrected chi connectivity index (χ1v) is 17.0. The molecule has 0 bridgehead atoms. The summed E-state index contributed by atoms with van der Waals surface area (Å²) in [6, 6.07) is 21.8. The zero-order valence-corrected chi connectivity index (χ0v) is 28.4. The van der Waals surface area contributed by atoms with E-state index in [2.05, 4.69) is 13.8 Å². The van der Waals surface area contributed by atoms with Gasteiger partial charge >= 0.3 is 12.1 Å². The topological polar surface area (TPSA) is 91.4 Å². The fraction of sp³-hybridized carbons (Fsp3) is 0.375. The third kappa shape index (κ3) is 8.04. The van der Waals surface area contributed by atoms with Gasteiger partial charge < -0.3 is 18.9 Å². The Morgan fingerprint density at radius 2 is 1.55 bits per heavy atom. The van der Waals surface area contributed by atoms with Crippen LogP contribution in [0.15, 0.2) is 103 Å². The lowest BCUT2D eigenvalue weighted by molar-refractivity contribution is -0.151. The number of esters is 1. The van der Waals surface area contributed by atoms with Gasteiger partial charge in [-0.2, -0.15) is 0 Å². The molecule has 0 spiro atoms. The van der Waals surface area contributed by atoms with E-state index < -0.39 is 35.4 Å². The van der Waals surface area contributed by atoms with Crippen molar-refractivity contribution in [2.24, 2.45) is 5.41 Å². The number of carbonyl (C=O) groups excluding carboxylic acids is 3. The van der Waals surface area contributed by atoms with Crippen LogP contribution in [0.4, 0.5) is 14.9 Å². The van der Waals surface area contributed by atoms with E-state index in [0.717, 1.165) is 36.8 Å². The van der Waals surface area contributed by atoms with Crippen LogP contribution in [0.1, 0.15) is 69.2 Å². The number of benzene rings is 3. The lowest BCUT2D eigenvalue weighted by Gasteiger charge is -2.45. The molecule has 0 aromatic heterocycles. The number of anilines is 1. The monoisotopic (exact) mass is 669 g/mol. The second kappa shape index (κ2) is 16.5. The van der Waals surface area contributed by atoms with Gasteiger partial charge in [-0.15, -0.1) is 0 Å². The summed E-state index contributed by atoms with van der Waals surface area (Å²) in [5.41, 5.74) is 1.74. The van der Waals surface area contributed by atoms with E-state index in [-0.39, 0.29) is 25.0 Å². The number of ether oxygens (including phenoxy) is 4. The van der Waals surface area contributed by atoms with E-state index in [1.54, 1.807) is 0 Å². The van der Waals surface area contributed by atoms with Gasteiger partial charge in [0, 0.05) is 23.7 Å². The molecule has 258 valence electrons. The minimum absolute atomic E-state index is 0.0271. The van der Waals surface area contributed by atoms with Crippen LogP contribution in [0.2, 0.25) is 0 Å². The number of cyclic esters (lactones) is 1. The molecule has 0 radical (unpaired) electrons. The van der Waals surface area contributed by atoms with Crippen LogP contribution in [0.3, 0.4) is 0 Å². The Morgan fingerprint density at radius 1 is 0.898 bits per heavy atom. The highest BCUT2D eigenvalue weighted by atomic mass is 19.1. The van der Waals surface area contributed by atoms with Crippen molar-refractivity contribution >= 4 is 23.5 Å². The predicted octanol–water partition coefficient (Wildman–Crippen LogP) is 8.81. The third-order valence-corrected chi connectivity index (χ3v) is 9.16. The van der Waals surface area contributed by atoms with Gasteiger partial charge in [0.2, 0.25) is 6.10 Å². The third-order valence-electron chi connectivity index (χ3n) is 9.16. The number of nitrogens with zero attached hydrogens (tertiary/aromatic N) is 1. The molecular formula is C40H44FNO7. The molecule has 1 saturated heterocycles. The first-order valence-electron chi connectivity index (χ1n) is 17.0. The number of amides is 1. The van der Waals surface area contributed by atoms with Crippen LogP contribution >= 0.6 is 0 Å². The summed E-state index contributed by atoms with van der Waals surface area (Å²) >= 11 is 0. The maximum absolute atomic E-state index is 13.8. The Morgan fingerprint density at radius 3 is 2.20 bits per heavy atom. The predicted molar refractivity (Wildman–Crippen MR) is 185 cm³/mol. The molecule has 1 aliphatic heterocycles. The Kier molecular flexibility index (Phi) is 11.9. The Bertz CT molecular complexity index is 1650. The molecule has 5 rings (SSSR count). The van der Waals surface area contributed by atoms with Gasteiger partial charge in [0.25, 0.3) is 0 Å². The molecule has 0 saturated carbocycles. The number of unbranched alkanes of at least 4 members (excludes halogenated alkanes) is 2. The Hall–Kier alpha value is -4.92. The molecule has 3 aromatic carbocycles. The van der Waals surface area contributed by atoms with Crippen molar-refractivity contribution in [3.63, 3.8) is 0 Å². The highest BCUT2D eigenvalue weighted by Crippen LogP contribution is 2.51. The molecule has 3 atom stereocenters. The summed E-state index contributed by atoms with van der Waals surface area (Å²) in [4.78, 5) is 42.4. The second-order valence-corrected chi connectivity index (χ2v) is 12.4. The number of Topliss-reactive ketones (excluding diaryl/α,β-unsaturated/α-hetero) is 1. The lowest BCUT2D eigenvalue weighted by Crippen LogP contribution is -2.54. The molecule has 8 nitrogen and oxygen atoms in total. The van der Waals surface area contributed by atoms with Crippen molar-refractivity contribution in [1.82, 2.24) is 0 Å². The quantitative estimate of drug-likeness (QED) is 0.0855. The average Bonchev–Trinajstić information content (AvgIpc) is 3.49. The van der Waals surface area contributed by atoms with Crippen molar-refractivity contribution in [2.75, 3.05) is 25.2 Å². The highest BCUT2D eigenvalue weighted by molar-refractivity contribution is 5.97. The van der Waals surface area contributed by atoms with Crippen LogP contribution in [0.25, 0.3) is 11.1 Å². The van der Waals surface area contributed by atoms with Crippen LogP contribution in [-0.4, -0.2) is 50.3 Å². The molecule has 1 aliphatic carbocycles. The SMILES string of the molecule is CCCCOC1=CCC(CCC(=O)c2ccc(F)cc2)([C@@H]2[C@@H](C(=O)OC)OC(=O)N2c2ccc(-c3ccccc3)cc2)C(OCCCC)=C1. The largest absolute Gasteiger partial charge is 0.497 e. The first-order chi connectivity index (χ1) is 23.8. The van der Waals surface area contributed by atoms with Gasteiger partial charge in [0.1, 0.15) is 23.4 Å². The second-order valence-electron chi connectivity index (χ2n) is 12.4. The molecular weight excluding hydrogens is 625 g/mol. The number of rotatable bonds is 16. The van der Waals surface area contributed by atoms with E-state index in [1.807, 2.05) is 66.7 Å². The standard InChI is InChI=1S/C40H44FNO7/c1-4-6-25-47-33-21-23-40(35(27-33)48-26-7-5-2,24-22-34(43)30-13-17-31(41)18-14-30)37-36(38(44)46-3)49-39(45)42(37)32-19-15-29(16-20-32)28-11-9-8-10-12-28/h8-21,27,36-37H,4-7,22-26H2,1-3H3/t36-,37-,40?/m0/s1. The number of halogens is 1. The van der Waals surface area contributed by atoms with Crippen molar-refractivity contribution in [3.8, 4) is 11.1 Å². The summed E-state index contributed by atoms with van der Waals surface area (Å²) in [7, 11) is 1.25. The highest BCUT2D eigenvalue weighted by Gasteiger charge is 2.60. The molecule has 2 aliphatic rings. The van der Waals surface area contributed by atoms with Crippen molar-refractivity contribution in [3.05, 3.63) is 114 Å². The first kappa shape index (κ1) is 35.4. The number of methoxy groups -OCH3 is 1. The number of ketones is 1. The average molecular weight is 670 g/mol. The molecule has 1 fully saturated rings. The smallest absolute Gasteiger partial charge is 0.415 e. The van der Waals surface area contributed by atoms with E-state index in [0.29, 0.717) is 36.0 Å². The lowest BCUT2D eigenvalue weighted by atomic mass is 9.67. The number of hydrogen-bond acceptors (Lipinski definition) is 7. The molecule has 1 heterocycles. The molecule has 1 amide bonds. The zero-order chi connectivity index (χ0) is 34.8. The number of carbonyl (C=O) groups is 3. The minimum atomic E-state index is -1.32. The summed E-state index contributed by atoms with van der Waals surface area (Å²) in [6.07, 6.45) is 5.72. The molecule has 9 heteroatoms. The van der Waals surface area contributed by atoms with Crippen LogP contribution in [0.5, 0.6) is 0 Å². The summed E-state index contributed by atoms with van der Waals surface area (Å²) in [5.74, 6) is -0.233. The van der Waals surface area contributed by atoms with Gasteiger partial charge in [-0.25, -0.2) is 14.0 Å². The number of allylic oxidation sites excluding steroid dienone is 2. The summed E-state index contributed by atoms with van der Waals surface area (Å²) in [6.45, 7) is 5.05. The van der Waals surface area contributed by atoms with Crippen LogP contribution in [0, 0.1) is 11.2 Å². The minimum Gasteiger partial charge on any atom is -0.497 e. The molecule has 0 N–H and O–H groups in total. The van der Waals surface area contributed by atoms with Gasteiger partial charge in [-0.3, -0.25) is 9.69 Å². The Labute approximate surface area is 287 Å². The van der Waals surface area contributed by atoms with Crippen molar-refractivity contribution in [1.29, 1.82) is 0 Å². The summed E-state index contributed by atoms with van der Waals surface area (Å²) in [5, 5.41) is 0. The van der Waals surface area contributed by atoms with Crippen LogP contribution < -0.4 is 4.90 Å². The van der Waals surface area contributed by atoms with Crippen molar-refractivity contribution < 1.29 is 37.7 Å². The fourth-order valence-corrected chi connectivity index (χ4v) is 6.44. The maximum Gasteiger partial charge on any atom is 0.415 e. The van der Waals surface area contributed by atoms with E-state index in [4.69, 9.17) is 18.9 Å². The molecule has 49 heavy (non-hydrogen) atoms. The molecule has 1 unspecified atom stereocenters. The van der Waals surface area contributed by atoms with E-state index in [1.165, 1.54) is 36.3 Å². The Balaban J connectivity index is 1.61. The number of hydrogen-bond donors (Lipinski definition) is 0. The van der Waals surface area contributed by atoms with Gasteiger partial charge in [-0.05, 0) is 79.3 Å². The normalized spacial score (nSPS) is 20.2. The van der Waals surface area contributed by atoms with Gasteiger partial charge in [0.05, 0.1) is 25.7 Å². The zero-order valence-electron chi connectivity index (χ0n) is 28.4.